The number of anilines is 2. The summed E-state index contributed by atoms with van der Waals surface area (Å²) < 4.78 is 38.0. The maximum atomic E-state index is 17.1. The average Bonchev–Trinajstić information content (AvgIpc) is 3.70. The van der Waals surface area contributed by atoms with E-state index < -0.39 is 23.4 Å². The third kappa shape index (κ3) is 5.09. The van der Waals surface area contributed by atoms with E-state index in [1.165, 1.54) is 13.0 Å². The summed E-state index contributed by atoms with van der Waals surface area (Å²) in [6, 6.07) is 8.66. The molecule has 2 unspecified atom stereocenters. The monoisotopic (exact) mass is 639 g/mol. The van der Waals surface area contributed by atoms with Crippen molar-refractivity contribution in [2.45, 2.75) is 62.8 Å². The van der Waals surface area contributed by atoms with Crippen LogP contribution in [0.5, 0.6) is 11.8 Å². The normalized spacial score (nSPS) is 25.3. The van der Waals surface area contributed by atoms with E-state index in [2.05, 4.69) is 36.3 Å². The molecule has 0 aliphatic carbocycles. The number of nitrogens with one attached hydrogen (secondary N) is 2. The van der Waals surface area contributed by atoms with Gasteiger partial charge in [-0.1, -0.05) is 18.1 Å². The van der Waals surface area contributed by atoms with Crippen molar-refractivity contribution in [2.24, 2.45) is 0 Å². The number of aromatic hydroxyl groups is 1. The van der Waals surface area contributed by atoms with Crippen LogP contribution in [0.3, 0.4) is 0 Å². The molecule has 0 radical (unpaired) electrons. The van der Waals surface area contributed by atoms with Gasteiger partial charge in [0.25, 0.3) is 0 Å². The first kappa shape index (κ1) is 29.8. The van der Waals surface area contributed by atoms with E-state index in [9.17, 15) is 14.3 Å². The third-order valence-electron chi connectivity index (χ3n) is 10.2. The molecule has 12 heteroatoms. The minimum Gasteiger partial charge on any atom is -0.508 e. The lowest BCUT2D eigenvalue weighted by Crippen LogP contribution is -2.51. The van der Waals surface area contributed by atoms with Crippen molar-refractivity contribution in [3.63, 3.8) is 0 Å². The minimum absolute atomic E-state index is 0.0307. The Hall–Kier alpha value is -4.60. The topological polar surface area (TPSA) is 116 Å². The largest absolute Gasteiger partial charge is 0.508 e. The molecule has 242 valence electrons. The molecule has 10 nitrogen and oxygen atoms in total. The van der Waals surface area contributed by atoms with Crippen LogP contribution in [0, 0.1) is 18.2 Å². The number of halogens is 2. The van der Waals surface area contributed by atoms with E-state index in [4.69, 9.17) is 16.1 Å². The highest BCUT2D eigenvalue weighted by molar-refractivity contribution is 6.08. The van der Waals surface area contributed by atoms with Gasteiger partial charge in [0.15, 0.2) is 5.82 Å². The first-order valence-corrected chi connectivity index (χ1v) is 16.2. The number of alkyl halides is 1. The van der Waals surface area contributed by atoms with Gasteiger partial charge in [-0.2, -0.15) is 9.97 Å². The van der Waals surface area contributed by atoms with Crippen molar-refractivity contribution < 1.29 is 23.4 Å². The maximum Gasteiger partial charge on any atom is 0.319 e. The predicted octanol–water partition coefficient (Wildman–Crippen LogP) is 4.53. The van der Waals surface area contributed by atoms with Gasteiger partial charge in [0.05, 0.1) is 10.9 Å². The van der Waals surface area contributed by atoms with Crippen LogP contribution in [-0.4, -0.2) is 87.4 Å². The van der Waals surface area contributed by atoms with Gasteiger partial charge in [-0.25, -0.2) is 13.8 Å². The molecule has 1 amide bonds. The number of rotatable bonds is 6. The zero-order valence-electron chi connectivity index (χ0n) is 26.0. The number of carbonyl (C=O) groups excluding carboxylic acids is 1. The second kappa shape index (κ2) is 11.3. The third-order valence-corrected chi connectivity index (χ3v) is 10.2. The van der Waals surface area contributed by atoms with E-state index in [1.54, 1.807) is 24.3 Å². The molecule has 3 N–H and O–H groups in total. The van der Waals surface area contributed by atoms with Crippen LogP contribution in [-0.2, 0) is 4.79 Å². The molecule has 4 aromatic rings. The summed E-state index contributed by atoms with van der Waals surface area (Å²) in [6.45, 7) is 3.94. The minimum atomic E-state index is -0.931. The summed E-state index contributed by atoms with van der Waals surface area (Å²) in [6.07, 6.45) is 9.04. The molecule has 8 rings (SSSR count). The van der Waals surface area contributed by atoms with Gasteiger partial charge < -0.3 is 25.4 Å². The number of aromatic nitrogens is 3. The first-order chi connectivity index (χ1) is 22.7. The summed E-state index contributed by atoms with van der Waals surface area (Å²) in [5, 5.41) is 18.5. The lowest BCUT2D eigenvalue weighted by atomic mass is 9.95. The molecule has 4 aliphatic rings. The number of terminal acetylenes is 1. The Morgan fingerprint density at radius 1 is 1.19 bits per heavy atom. The van der Waals surface area contributed by atoms with Crippen molar-refractivity contribution in [3.8, 4) is 35.4 Å². The number of carbonyl (C=O) groups is 1. The van der Waals surface area contributed by atoms with E-state index in [0.29, 0.717) is 48.2 Å². The predicted molar refractivity (Wildman–Crippen MR) is 175 cm³/mol. The lowest BCUT2D eigenvalue weighted by molar-refractivity contribution is -0.114. The highest BCUT2D eigenvalue weighted by atomic mass is 19.1. The molecule has 6 heterocycles. The number of pyridine rings is 1. The fourth-order valence-corrected chi connectivity index (χ4v) is 8.20. The van der Waals surface area contributed by atoms with Crippen LogP contribution in [0.4, 0.5) is 20.4 Å². The molecule has 47 heavy (non-hydrogen) atoms. The van der Waals surface area contributed by atoms with Gasteiger partial charge in [0.1, 0.15) is 41.4 Å². The van der Waals surface area contributed by atoms with E-state index in [-0.39, 0.29) is 58.4 Å². The molecule has 2 aromatic heterocycles. The summed E-state index contributed by atoms with van der Waals surface area (Å²) in [5.74, 6) is 1.86. The van der Waals surface area contributed by atoms with Crippen molar-refractivity contribution in [2.75, 3.05) is 43.0 Å². The molecule has 0 saturated carbocycles. The summed E-state index contributed by atoms with van der Waals surface area (Å²) in [4.78, 5) is 30.9. The van der Waals surface area contributed by atoms with Crippen LogP contribution in [0.15, 0.2) is 30.3 Å². The standard InChI is InChI=1S/C35H35F2N7O3/c1-3-20-6-4-7-21-12-25(46)13-26(27(20)21)30-29(37)31-28(32(40-30)38-19(2)45)33(43-16-23-8-9-24(17-43)39-23)42-34(41-31)47-18-35-10-5-11-44(35)15-22(36)14-35/h1,4,6-7,12-13,22-24,39,46H,5,8-11,14-18H2,2H3,(H,38,40,45)/t22-,23?,24?,35+/m1/s1. The molecule has 4 fully saturated rings. The molecule has 2 aromatic carbocycles. The second-order valence-corrected chi connectivity index (χ2v) is 13.3. The number of piperazine rings is 1. The Bertz CT molecular complexity index is 1970. The number of fused-ring (bicyclic) bond motifs is 5. The SMILES string of the molecule is C#Cc1cccc2cc(O)cc(-c3nc(NC(C)=O)c4c(N5CC6CCC(C5)N6)nc(OC[C@@]56CCCN5C[C@H](F)C6)nc4c3F)c12. The summed E-state index contributed by atoms with van der Waals surface area (Å²) in [5.41, 5.74) is 0.0587. The van der Waals surface area contributed by atoms with Gasteiger partial charge in [0, 0.05) is 61.6 Å². The maximum absolute atomic E-state index is 17.1. The zero-order chi connectivity index (χ0) is 32.4. The van der Waals surface area contributed by atoms with E-state index >= 15 is 4.39 Å². The Balaban J connectivity index is 1.34. The molecular weight excluding hydrogens is 604 g/mol. The first-order valence-electron chi connectivity index (χ1n) is 16.2. The van der Waals surface area contributed by atoms with Crippen molar-refractivity contribution >= 4 is 39.2 Å². The fourth-order valence-electron chi connectivity index (χ4n) is 8.20. The van der Waals surface area contributed by atoms with Crippen LogP contribution < -0.4 is 20.3 Å². The fraction of sp³-hybridized carbons (Fsp3) is 0.429. The van der Waals surface area contributed by atoms with Crippen LogP contribution >= 0.6 is 0 Å². The quantitative estimate of drug-likeness (QED) is 0.262. The number of hydrogen-bond acceptors (Lipinski definition) is 9. The van der Waals surface area contributed by atoms with Gasteiger partial charge in [-0.15, -0.1) is 6.42 Å². The molecule has 0 spiro atoms. The van der Waals surface area contributed by atoms with Crippen LogP contribution in [0.1, 0.15) is 44.6 Å². The molecule has 4 atom stereocenters. The number of benzene rings is 2. The molecule has 4 saturated heterocycles. The Morgan fingerprint density at radius 3 is 2.77 bits per heavy atom. The van der Waals surface area contributed by atoms with Gasteiger partial charge >= 0.3 is 6.01 Å². The number of ether oxygens (including phenoxy) is 1. The molecule has 2 bridgehead atoms. The van der Waals surface area contributed by atoms with Crippen LogP contribution in [0.2, 0.25) is 0 Å². The number of amides is 1. The van der Waals surface area contributed by atoms with Crippen molar-refractivity contribution in [1.82, 2.24) is 25.2 Å². The van der Waals surface area contributed by atoms with Crippen molar-refractivity contribution in [3.05, 3.63) is 41.7 Å². The summed E-state index contributed by atoms with van der Waals surface area (Å²) >= 11 is 0. The van der Waals surface area contributed by atoms with Gasteiger partial charge in [-0.05, 0) is 55.8 Å². The van der Waals surface area contributed by atoms with E-state index in [1.807, 2.05) is 0 Å². The Kier molecular flexibility index (Phi) is 7.15. The highest BCUT2D eigenvalue weighted by Gasteiger charge is 2.49. The Morgan fingerprint density at radius 2 is 2.00 bits per heavy atom. The smallest absolute Gasteiger partial charge is 0.319 e. The molecular formula is C35H35F2N7O3. The second-order valence-electron chi connectivity index (χ2n) is 13.3. The number of phenols is 1. The van der Waals surface area contributed by atoms with Crippen molar-refractivity contribution in [1.29, 1.82) is 0 Å². The van der Waals surface area contributed by atoms with Gasteiger partial charge in [-0.3, -0.25) is 9.69 Å². The summed E-state index contributed by atoms with van der Waals surface area (Å²) in [7, 11) is 0. The number of phenolic OH excluding ortho intramolecular Hbond substituents is 1. The average molecular weight is 640 g/mol. The lowest BCUT2D eigenvalue weighted by Gasteiger charge is -2.35. The highest BCUT2D eigenvalue weighted by Crippen LogP contribution is 2.43. The number of hydrogen-bond donors (Lipinski definition) is 3. The Labute approximate surface area is 270 Å². The zero-order valence-corrected chi connectivity index (χ0v) is 26.0. The van der Waals surface area contributed by atoms with Gasteiger partial charge in [0.2, 0.25) is 5.91 Å². The molecule has 4 aliphatic heterocycles. The van der Waals surface area contributed by atoms with Crippen LogP contribution in [0.25, 0.3) is 32.9 Å². The van der Waals surface area contributed by atoms with E-state index in [0.717, 1.165) is 32.2 Å². The number of nitrogens with zero attached hydrogens (tertiary/aromatic N) is 5.